The van der Waals surface area contributed by atoms with E-state index in [1.807, 2.05) is 4.90 Å². The molecule has 0 saturated carbocycles. The molecule has 1 saturated heterocycles. The topological polar surface area (TPSA) is 56.7 Å². The lowest BCUT2D eigenvalue weighted by atomic mass is 10.2. The fourth-order valence-corrected chi connectivity index (χ4v) is 3.88. The Kier molecular flexibility index (Phi) is 5.59. The van der Waals surface area contributed by atoms with Gasteiger partial charge in [0.05, 0.1) is 6.61 Å². The van der Waals surface area contributed by atoms with E-state index >= 15 is 0 Å². The number of β-amino-alcohol motifs (C(OH)–C–C–N with tert-alkyl or cyclic N) is 1. The number of amides is 1. The lowest BCUT2D eigenvalue weighted by Gasteiger charge is -2.34. The SMILES string of the molecule is O=C(c1sc(-c2ccccc2)nc1C(F)(F)F)N1CCN(CCO)CC1. The Balaban J connectivity index is 1.86. The van der Waals surface area contributed by atoms with Crippen LogP contribution < -0.4 is 0 Å². The molecule has 0 aliphatic carbocycles. The summed E-state index contributed by atoms with van der Waals surface area (Å²) in [5, 5.41) is 9.14. The van der Waals surface area contributed by atoms with Gasteiger partial charge in [0.15, 0.2) is 5.69 Å². The van der Waals surface area contributed by atoms with Crippen molar-refractivity contribution in [3.05, 3.63) is 40.9 Å². The number of hydrogen-bond donors (Lipinski definition) is 1. The predicted molar refractivity (Wildman–Crippen MR) is 92.0 cm³/mol. The van der Waals surface area contributed by atoms with Gasteiger partial charge >= 0.3 is 6.18 Å². The van der Waals surface area contributed by atoms with E-state index < -0.39 is 17.8 Å². The first-order chi connectivity index (χ1) is 12.4. The van der Waals surface area contributed by atoms with Crippen LogP contribution in [-0.2, 0) is 6.18 Å². The molecule has 9 heteroatoms. The smallest absolute Gasteiger partial charge is 0.395 e. The van der Waals surface area contributed by atoms with Crippen molar-refractivity contribution in [2.45, 2.75) is 6.18 Å². The average Bonchev–Trinajstić information content (AvgIpc) is 3.09. The van der Waals surface area contributed by atoms with Crippen molar-refractivity contribution in [2.24, 2.45) is 0 Å². The van der Waals surface area contributed by atoms with Crippen LogP contribution in [0.25, 0.3) is 10.6 Å². The largest absolute Gasteiger partial charge is 0.435 e. The first-order valence-corrected chi connectivity index (χ1v) is 8.97. The van der Waals surface area contributed by atoms with Crippen molar-refractivity contribution in [3.8, 4) is 10.6 Å². The zero-order valence-electron chi connectivity index (χ0n) is 13.9. The van der Waals surface area contributed by atoms with Crippen LogP contribution in [0.2, 0.25) is 0 Å². The molecular formula is C17H18F3N3O2S. The highest BCUT2D eigenvalue weighted by Gasteiger charge is 2.41. The van der Waals surface area contributed by atoms with Gasteiger partial charge in [-0.3, -0.25) is 9.69 Å². The number of aliphatic hydroxyl groups excluding tert-OH is 1. The summed E-state index contributed by atoms with van der Waals surface area (Å²) in [5.74, 6) is -0.638. The van der Waals surface area contributed by atoms with Crippen molar-refractivity contribution in [3.63, 3.8) is 0 Å². The van der Waals surface area contributed by atoms with E-state index in [0.717, 1.165) is 11.3 Å². The highest BCUT2D eigenvalue weighted by molar-refractivity contribution is 7.17. The van der Waals surface area contributed by atoms with Crippen molar-refractivity contribution < 1.29 is 23.1 Å². The summed E-state index contributed by atoms with van der Waals surface area (Å²) in [5.41, 5.74) is -0.570. The molecule has 0 radical (unpaired) electrons. The Hall–Kier alpha value is -1.97. The van der Waals surface area contributed by atoms with Crippen LogP contribution in [0.4, 0.5) is 13.2 Å². The molecule has 3 rings (SSSR count). The number of halogens is 3. The lowest BCUT2D eigenvalue weighted by molar-refractivity contribution is -0.141. The first kappa shape index (κ1) is 18.8. The molecule has 1 fully saturated rings. The minimum Gasteiger partial charge on any atom is -0.395 e. The normalized spacial score (nSPS) is 16.1. The summed E-state index contributed by atoms with van der Waals surface area (Å²) in [6.45, 7) is 2.22. The number of carbonyl (C=O) groups is 1. The molecule has 2 heterocycles. The fourth-order valence-electron chi connectivity index (χ4n) is 2.82. The molecule has 2 aromatic rings. The van der Waals surface area contributed by atoms with Crippen LogP contribution in [0.5, 0.6) is 0 Å². The second kappa shape index (κ2) is 7.73. The molecular weight excluding hydrogens is 367 g/mol. The van der Waals surface area contributed by atoms with Gasteiger partial charge in [-0.15, -0.1) is 11.3 Å². The van der Waals surface area contributed by atoms with E-state index in [9.17, 15) is 18.0 Å². The summed E-state index contributed by atoms with van der Waals surface area (Å²) in [4.78, 5) is 19.4. The number of aliphatic hydroxyl groups is 1. The van der Waals surface area contributed by atoms with Crippen LogP contribution in [-0.4, -0.2) is 65.1 Å². The van der Waals surface area contributed by atoms with Gasteiger partial charge < -0.3 is 10.0 Å². The van der Waals surface area contributed by atoms with Crippen molar-refractivity contribution >= 4 is 17.2 Å². The summed E-state index contributed by atoms with van der Waals surface area (Å²) in [6, 6.07) is 8.53. The van der Waals surface area contributed by atoms with Crippen LogP contribution in [0, 0.1) is 0 Å². The minimum atomic E-state index is -4.69. The van der Waals surface area contributed by atoms with Crippen molar-refractivity contribution in [2.75, 3.05) is 39.3 Å². The maximum atomic E-state index is 13.4. The number of piperazine rings is 1. The number of nitrogens with zero attached hydrogens (tertiary/aromatic N) is 3. The molecule has 0 spiro atoms. The van der Waals surface area contributed by atoms with Gasteiger partial charge in [0.25, 0.3) is 5.91 Å². The number of aromatic nitrogens is 1. The molecule has 0 atom stereocenters. The van der Waals surface area contributed by atoms with E-state index in [2.05, 4.69) is 4.98 Å². The first-order valence-electron chi connectivity index (χ1n) is 8.16. The van der Waals surface area contributed by atoms with E-state index in [1.54, 1.807) is 30.3 Å². The zero-order chi connectivity index (χ0) is 18.7. The summed E-state index contributed by atoms with van der Waals surface area (Å²) < 4.78 is 40.2. The lowest BCUT2D eigenvalue weighted by Crippen LogP contribution is -2.49. The van der Waals surface area contributed by atoms with Gasteiger partial charge in [-0.1, -0.05) is 30.3 Å². The van der Waals surface area contributed by atoms with Crippen LogP contribution >= 0.6 is 11.3 Å². The maximum Gasteiger partial charge on any atom is 0.435 e. The summed E-state index contributed by atoms with van der Waals surface area (Å²) in [6.07, 6.45) is -4.69. The quantitative estimate of drug-likeness (QED) is 0.879. The Morgan fingerprint density at radius 3 is 2.38 bits per heavy atom. The van der Waals surface area contributed by atoms with Crippen LogP contribution in [0.15, 0.2) is 30.3 Å². The van der Waals surface area contributed by atoms with Gasteiger partial charge in [0, 0.05) is 38.3 Å². The molecule has 1 aliphatic rings. The molecule has 1 N–H and O–H groups in total. The predicted octanol–water partition coefficient (Wildman–Crippen LogP) is 2.58. The van der Waals surface area contributed by atoms with Gasteiger partial charge in [-0.25, -0.2) is 4.98 Å². The van der Waals surface area contributed by atoms with E-state index in [1.165, 1.54) is 4.90 Å². The van der Waals surface area contributed by atoms with Crippen LogP contribution in [0.3, 0.4) is 0 Å². The number of hydrogen-bond acceptors (Lipinski definition) is 5. The van der Waals surface area contributed by atoms with Crippen molar-refractivity contribution in [1.82, 2.24) is 14.8 Å². The third-order valence-corrected chi connectivity index (χ3v) is 5.28. The van der Waals surface area contributed by atoms with Gasteiger partial charge in [0.1, 0.15) is 9.88 Å². The Bertz CT molecular complexity index is 756. The van der Waals surface area contributed by atoms with Gasteiger partial charge in [-0.05, 0) is 0 Å². The Morgan fingerprint density at radius 1 is 1.15 bits per heavy atom. The monoisotopic (exact) mass is 385 g/mol. The second-order valence-corrected chi connectivity index (χ2v) is 6.92. The molecule has 0 bridgehead atoms. The fraction of sp³-hybridized carbons (Fsp3) is 0.412. The summed E-state index contributed by atoms with van der Waals surface area (Å²) >= 11 is 0.776. The molecule has 140 valence electrons. The molecule has 0 unspecified atom stereocenters. The standard InChI is InChI=1S/C17H18F3N3O2S/c18-17(19,20)14-13(26-15(21-14)12-4-2-1-3-5-12)16(25)23-8-6-22(7-9-23)10-11-24/h1-5,24H,6-11H2. The number of alkyl halides is 3. The number of benzene rings is 1. The molecule has 1 aromatic carbocycles. The number of carbonyl (C=O) groups excluding carboxylic acids is 1. The third-order valence-electron chi connectivity index (χ3n) is 4.19. The third kappa shape index (κ3) is 4.05. The van der Waals surface area contributed by atoms with E-state index in [4.69, 9.17) is 5.11 Å². The van der Waals surface area contributed by atoms with Gasteiger partial charge in [-0.2, -0.15) is 13.2 Å². The maximum absolute atomic E-state index is 13.4. The zero-order valence-corrected chi connectivity index (χ0v) is 14.7. The Morgan fingerprint density at radius 2 is 1.81 bits per heavy atom. The van der Waals surface area contributed by atoms with Gasteiger partial charge in [0.2, 0.25) is 0 Å². The number of rotatable bonds is 4. The average molecular weight is 385 g/mol. The van der Waals surface area contributed by atoms with E-state index in [-0.39, 0.29) is 16.5 Å². The Labute approximate surface area is 152 Å². The minimum absolute atomic E-state index is 0.0153. The van der Waals surface area contributed by atoms with Crippen LogP contribution in [0.1, 0.15) is 15.4 Å². The molecule has 5 nitrogen and oxygen atoms in total. The highest BCUT2D eigenvalue weighted by Crippen LogP contribution is 2.38. The molecule has 1 amide bonds. The number of thiazole rings is 1. The molecule has 1 aromatic heterocycles. The molecule has 26 heavy (non-hydrogen) atoms. The van der Waals surface area contributed by atoms with E-state index in [0.29, 0.717) is 38.3 Å². The van der Waals surface area contributed by atoms with Crippen molar-refractivity contribution in [1.29, 1.82) is 0 Å². The highest BCUT2D eigenvalue weighted by atomic mass is 32.1. The second-order valence-electron chi connectivity index (χ2n) is 5.92. The molecule has 1 aliphatic heterocycles. The summed E-state index contributed by atoms with van der Waals surface area (Å²) in [7, 11) is 0.